The van der Waals surface area contributed by atoms with E-state index in [1.165, 1.54) is 6.42 Å². The maximum atomic E-state index is 12.9. The second kappa shape index (κ2) is 6.90. The van der Waals surface area contributed by atoms with Gasteiger partial charge in [0, 0.05) is 17.6 Å². The minimum absolute atomic E-state index is 0.0129. The lowest BCUT2D eigenvalue weighted by atomic mass is 9.96. The number of nitrogens with zero attached hydrogens (tertiary/aromatic N) is 1. The van der Waals surface area contributed by atoms with Crippen molar-refractivity contribution >= 4 is 5.91 Å². The van der Waals surface area contributed by atoms with Crippen LogP contribution in [0.4, 0.5) is 0 Å². The van der Waals surface area contributed by atoms with Gasteiger partial charge in [0.2, 0.25) is 5.75 Å². The second-order valence-electron chi connectivity index (χ2n) is 5.76. The Bertz CT molecular complexity index is 508. The van der Waals surface area contributed by atoms with E-state index in [0.717, 1.165) is 12.8 Å². The molecule has 2 atom stereocenters. The first-order valence-electron chi connectivity index (χ1n) is 7.66. The third-order valence-electron chi connectivity index (χ3n) is 4.34. The number of likely N-dealkylation sites (tertiary alicyclic amines) is 1. The van der Waals surface area contributed by atoms with Crippen LogP contribution in [-0.4, -0.2) is 44.2 Å². The van der Waals surface area contributed by atoms with E-state index >= 15 is 0 Å². The van der Waals surface area contributed by atoms with E-state index in [9.17, 15) is 4.79 Å². The van der Waals surface area contributed by atoms with E-state index in [4.69, 9.17) is 14.2 Å². The molecular weight excluding hydrogens is 282 g/mol. The number of benzene rings is 1. The molecule has 5 nitrogen and oxygen atoms in total. The number of carbonyl (C=O) groups is 1. The van der Waals surface area contributed by atoms with Gasteiger partial charge in [0.05, 0.1) is 21.3 Å². The summed E-state index contributed by atoms with van der Waals surface area (Å²) in [6.45, 7) is 4.21. The molecule has 0 radical (unpaired) electrons. The topological polar surface area (TPSA) is 48.0 Å². The van der Waals surface area contributed by atoms with E-state index in [0.29, 0.717) is 22.8 Å². The van der Waals surface area contributed by atoms with Crippen molar-refractivity contribution in [2.45, 2.75) is 45.2 Å². The fourth-order valence-electron chi connectivity index (χ4n) is 3.18. The van der Waals surface area contributed by atoms with E-state index in [2.05, 4.69) is 13.8 Å². The zero-order chi connectivity index (χ0) is 16.3. The number of carbonyl (C=O) groups excluding carboxylic acids is 1. The van der Waals surface area contributed by atoms with Crippen molar-refractivity contribution in [2.24, 2.45) is 0 Å². The number of hydrogen-bond donors (Lipinski definition) is 0. The fraction of sp³-hybridized carbons (Fsp3) is 0.588. The van der Waals surface area contributed by atoms with Gasteiger partial charge in [-0.1, -0.05) is 0 Å². The Morgan fingerprint density at radius 2 is 1.50 bits per heavy atom. The summed E-state index contributed by atoms with van der Waals surface area (Å²) in [5.74, 6) is 1.52. The molecule has 2 rings (SSSR count). The molecule has 1 aliphatic rings. The molecule has 0 spiro atoms. The van der Waals surface area contributed by atoms with Crippen molar-refractivity contribution in [1.29, 1.82) is 0 Å². The van der Waals surface area contributed by atoms with E-state index in [1.54, 1.807) is 33.5 Å². The monoisotopic (exact) mass is 307 g/mol. The molecule has 1 fully saturated rings. The summed E-state index contributed by atoms with van der Waals surface area (Å²) in [5, 5.41) is 0. The molecule has 1 heterocycles. The Labute approximate surface area is 132 Å². The molecule has 122 valence electrons. The number of ether oxygens (including phenoxy) is 3. The predicted molar refractivity (Wildman–Crippen MR) is 85.0 cm³/mol. The van der Waals surface area contributed by atoms with Crippen molar-refractivity contribution in [3.8, 4) is 17.2 Å². The highest BCUT2D eigenvalue weighted by atomic mass is 16.5. The first-order chi connectivity index (χ1) is 10.5. The summed E-state index contributed by atoms with van der Waals surface area (Å²) < 4.78 is 16.0. The van der Waals surface area contributed by atoms with Gasteiger partial charge < -0.3 is 19.1 Å². The first-order valence-corrected chi connectivity index (χ1v) is 7.66. The lowest BCUT2D eigenvalue weighted by Crippen LogP contribution is -2.47. The summed E-state index contributed by atoms with van der Waals surface area (Å²) >= 11 is 0. The van der Waals surface area contributed by atoms with E-state index in [1.807, 2.05) is 4.90 Å². The van der Waals surface area contributed by atoms with Gasteiger partial charge in [-0.3, -0.25) is 4.79 Å². The van der Waals surface area contributed by atoms with Crippen LogP contribution in [0.15, 0.2) is 12.1 Å². The highest BCUT2D eigenvalue weighted by Crippen LogP contribution is 2.39. The molecule has 1 aliphatic heterocycles. The van der Waals surface area contributed by atoms with Crippen LogP contribution in [0.5, 0.6) is 17.2 Å². The molecule has 0 aromatic heterocycles. The zero-order valence-corrected chi connectivity index (χ0v) is 14.0. The van der Waals surface area contributed by atoms with Crippen molar-refractivity contribution in [1.82, 2.24) is 4.90 Å². The highest BCUT2D eigenvalue weighted by Gasteiger charge is 2.30. The number of rotatable bonds is 4. The lowest BCUT2D eigenvalue weighted by molar-refractivity contribution is 0.0510. The zero-order valence-electron chi connectivity index (χ0n) is 14.0. The molecule has 0 bridgehead atoms. The number of amides is 1. The van der Waals surface area contributed by atoms with Crippen molar-refractivity contribution < 1.29 is 19.0 Å². The summed E-state index contributed by atoms with van der Waals surface area (Å²) in [6.07, 6.45) is 3.25. The van der Waals surface area contributed by atoms with Crippen LogP contribution in [0, 0.1) is 0 Å². The minimum atomic E-state index is 0.0129. The van der Waals surface area contributed by atoms with Crippen LogP contribution in [0.3, 0.4) is 0 Å². The predicted octanol–water partition coefficient (Wildman–Crippen LogP) is 3.12. The van der Waals surface area contributed by atoms with Crippen LogP contribution in [0.25, 0.3) is 0 Å². The van der Waals surface area contributed by atoms with Gasteiger partial charge >= 0.3 is 0 Å². The molecule has 0 saturated carbocycles. The molecule has 5 heteroatoms. The standard InChI is InChI=1S/C17H25NO4/c1-11-7-6-8-12(2)18(11)17(19)13-9-14(20-3)16(22-5)15(10-13)21-4/h9-12H,6-8H2,1-5H3/t11-,12+. The van der Waals surface area contributed by atoms with Crippen LogP contribution in [0.1, 0.15) is 43.5 Å². The summed E-state index contributed by atoms with van der Waals surface area (Å²) in [4.78, 5) is 14.9. The van der Waals surface area contributed by atoms with Crippen LogP contribution in [-0.2, 0) is 0 Å². The average molecular weight is 307 g/mol. The molecule has 0 aliphatic carbocycles. The van der Waals surface area contributed by atoms with Crippen LogP contribution >= 0.6 is 0 Å². The third kappa shape index (κ3) is 2.98. The summed E-state index contributed by atoms with van der Waals surface area (Å²) in [5.41, 5.74) is 0.565. The SMILES string of the molecule is COc1cc(C(=O)N2[C@H](C)CCC[C@@H]2C)cc(OC)c1OC. The Morgan fingerprint density at radius 3 is 1.91 bits per heavy atom. The van der Waals surface area contributed by atoms with Crippen LogP contribution < -0.4 is 14.2 Å². The van der Waals surface area contributed by atoms with Gasteiger partial charge in [-0.05, 0) is 45.2 Å². The maximum Gasteiger partial charge on any atom is 0.254 e. The minimum Gasteiger partial charge on any atom is -0.493 e. The molecular formula is C17H25NO4. The first kappa shape index (κ1) is 16.5. The largest absolute Gasteiger partial charge is 0.493 e. The molecule has 1 aromatic rings. The Balaban J connectivity index is 2.41. The summed E-state index contributed by atoms with van der Waals surface area (Å²) in [7, 11) is 4.66. The Kier molecular flexibility index (Phi) is 5.16. The average Bonchev–Trinajstić information content (AvgIpc) is 2.52. The van der Waals surface area contributed by atoms with E-state index in [-0.39, 0.29) is 18.0 Å². The van der Waals surface area contributed by atoms with E-state index < -0.39 is 0 Å². The molecule has 1 saturated heterocycles. The van der Waals surface area contributed by atoms with Crippen molar-refractivity contribution in [3.05, 3.63) is 17.7 Å². The summed E-state index contributed by atoms with van der Waals surface area (Å²) in [6, 6.07) is 3.93. The van der Waals surface area contributed by atoms with Gasteiger partial charge in [-0.15, -0.1) is 0 Å². The van der Waals surface area contributed by atoms with Gasteiger partial charge in [0.15, 0.2) is 11.5 Å². The molecule has 1 amide bonds. The van der Waals surface area contributed by atoms with Gasteiger partial charge in [-0.25, -0.2) is 0 Å². The molecule has 0 N–H and O–H groups in total. The lowest BCUT2D eigenvalue weighted by Gasteiger charge is -2.39. The van der Waals surface area contributed by atoms with Gasteiger partial charge in [0.1, 0.15) is 0 Å². The fourth-order valence-corrected chi connectivity index (χ4v) is 3.18. The smallest absolute Gasteiger partial charge is 0.254 e. The number of piperidine rings is 1. The quantitative estimate of drug-likeness (QED) is 0.857. The number of methoxy groups -OCH3 is 3. The number of hydrogen-bond acceptors (Lipinski definition) is 4. The van der Waals surface area contributed by atoms with Crippen molar-refractivity contribution in [3.63, 3.8) is 0 Å². The van der Waals surface area contributed by atoms with Crippen molar-refractivity contribution in [2.75, 3.05) is 21.3 Å². The third-order valence-corrected chi connectivity index (χ3v) is 4.34. The second-order valence-corrected chi connectivity index (χ2v) is 5.76. The highest BCUT2D eigenvalue weighted by molar-refractivity contribution is 5.96. The molecule has 1 aromatic carbocycles. The van der Waals surface area contributed by atoms with Gasteiger partial charge in [-0.2, -0.15) is 0 Å². The molecule has 0 unspecified atom stereocenters. The maximum absolute atomic E-state index is 12.9. The van der Waals surface area contributed by atoms with Gasteiger partial charge in [0.25, 0.3) is 5.91 Å². The Morgan fingerprint density at radius 1 is 1.00 bits per heavy atom. The van der Waals surface area contributed by atoms with Crippen LogP contribution in [0.2, 0.25) is 0 Å². The molecule has 22 heavy (non-hydrogen) atoms. The normalized spacial score (nSPS) is 21.4. The Hall–Kier alpha value is -1.91.